The van der Waals surface area contributed by atoms with Crippen molar-refractivity contribution in [1.82, 2.24) is 5.32 Å². The lowest BCUT2D eigenvalue weighted by Gasteiger charge is -2.30. The van der Waals surface area contributed by atoms with Gasteiger partial charge < -0.3 is 19.3 Å². The van der Waals surface area contributed by atoms with Crippen LogP contribution in [0.2, 0.25) is 0 Å². The maximum atomic E-state index is 11.1. The number of carbonyl (C=O) groups excluding carboxylic acids is 1. The Bertz CT molecular complexity index is 333. The fourth-order valence-electron chi connectivity index (χ4n) is 1.95. The van der Waals surface area contributed by atoms with Crippen molar-refractivity contribution < 1.29 is 18.8 Å². The topological polar surface area (TPSA) is 47.6 Å². The lowest BCUT2D eigenvalue weighted by atomic mass is 10.0. The van der Waals surface area contributed by atoms with Crippen LogP contribution in [0.25, 0.3) is 0 Å². The van der Waals surface area contributed by atoms with Gasteiger partial charge in [-0.15, -0.1) is 0 Å². The van der Waals surface area contributed by atoms with Crippen molar-refractivity contribution >= 4 is 5.91 Å². The molecule has 1 amide bonds. The van der Waals surface area contributed by atoms with Crippen LogP contribution in [-0.2, 0) is 14.3 Å². The molecule has 0 aliphatic heterocycles. The number of ether oxygens (including phenoxy) is 2. The third-order valence-corrected chi connectivity index (χ3v) is 3.49. The molecule has 0 bridgehead atoms. The van der Waals surface area contributed by atoms with E-state index >= 15 is 0 Å². The highest BCUT2D eigenvalue weighted by atomic mass is 16.5. The predicted octanol–water partition coefficient (Wildman–Crippen LogP) is 2.20. The molecule has 5 nitrogen and oxygen atoms in total. The maximum Gasteiger partial charge on any atom is 0.217 e. The van der Waals surface area contributed by atoms with E-state index in [1.165, 1.54) is 0 Å². The fraction of sp³-hybridized carbons (Fsp3) is 0.941. The predicted molar refractivity (Wildman–Crippen MR) is 90.9 cm³/mol. The average Bonchev–Trinajstić information content (AvgIpc) is 2.23. The zero-order valence-electron chi connectivity index (χ0n) is 15.9. The molecule has 0 aromatic rings. The minimum Gasteiger partial charge on any atom is -0.375 e. The van der Waals surface area contributed by atoms with Crippen LogP contribution in [0.4, 0.5) is 0 Å². The van der Waals surface area contributed by atoms with Crippen LogP contribution in [0.3, 0.4) is 0 Å². The number of nitrogens with one attached hydrogen (secondary N) is 1. The Kier molecular flexibility index (Phi) is 8.58. The quantitative estimate of drug-likeness (QED) is 0.469. The average molecular weight is 317 g/mol. The Labute approximate surface area is 136 Å². The van der Waals surface area contributed by atoms with Gasteiger partial charge in [0.25, 0.3) is 0 Å². The lowest BCUT2D eigenvalue weighted by Crippen LogP contribution is -2.43. The highest BCUT2D eigenvalue weighted by molar-refractivity contribution is 5.73. The van der Waals surface area contributed by atoms with Crippen LogP contribution >= 0.6 is 0 Å². The van der Waals surface area contributed by atoms with Gasteiger partial charge in [-0.3, -0.25) is 4.79 Å². The zero-order chi connectivity index (χ0) is 17.4. The first-order valence-electron chi connectivity index (χ1n) is 8.14. The third-order valence-electron chi connectivity index (χ3n) is 3.49. The van der Waals surface area contributed by atoms with E-state index in [1.54, 1.807) is 6.92 Å². The van der Waals surface area contributed by atoms with Crippen LogP contribution in [0.1, 0.15) is 47.5 Å². The van der Waals surface area contributed by atoms with Gasteiger partial charge in [-0.1, -0.05) is 0 Å². The Hall–Kier alpha value is -0.650. The molecule has 132 valence electrons. The van der Waals surface area contributed by atoms with Gasteiger partial charge in [0.15, 0.2) is 0 Å². The molecule has 0 heterocycles. The molecule has 0 saturated heterocycles. The number of hydrogen-bond acceptors (Lipinski definition) is 3. The molecule has 0 spiro atoms. The summed E-state index contributed by atoms with van der Waals surface area (Å²) in [6, 6.07) is 0. The zero-order valence-corrected chi connectivity index (χ0v) is 15.9. The normalized spacial score (nSPS) is 13.3. The van der Waals surface area contributed by atoms with Crippen molar-refractivity contribution in [2.45, 2.75) is 58.6 Å². The van der Waals surface area contributed by atoms with Gasteiger partial charge in [0.2, 0.25) is 5.91 Å². The van der Waals surface area contributed by atoms with Crippen molar-refractivity contribution in [2.24, 2.45) is 0 Å². The first-order valence-corrected chi connectivity index (χ1v) is 8.14. The summed E-state index contributed by atoms with van der Waals surface area (Å²) in [4.78, 5) is 11.1. The Balaban J connectivity index is 3.88. The Morgan fingerprint density at radius 3 is 2.09 bits per heavy atom. The van der Waals surface area contributed by atoms with Crippen molar-refractivity contribution in [1.29, 1.82) is 0 Å². The molecular weight excluding hydrogens is 280 g/mol. The van der Waals surface area contributed by atoms with Crippen molar-refractivity contribution in [3.8, 4) is 0 Å². The molecule has 0 aliphatic carbocycles. The van der Waals surface area contributed by atoms with Crippen molar-refractivity contribution in [3.05, 3.63) is 0 Å². The van der Waals surface area contributed by atoms with Gasteiger partial charge in [-0.25, -0.2) is 0 Å². The minimum absolute atomic E-state index is 0.00471. The summed E-state index contributed by atoms with van der Waals surface area (Å²) in [6.07, 6.45) is 1.66. The van der Waals surface area contributed by atoms with Crippen LogP contribution in [0.15, 0.2) is 0 Å². The minimum atomic E-state index is -0.233. The van der Waals surface area contributed by atoms with E-state index in [1.807, 2.05) is 13.8 Å². The van der Waals surface area contributed by atoms with E-state index in [-0.39, 0.29) is 17.0 Å². The van der Waals surface area contributed by atoms with E-state index in [9.17, 15) is 4.79 Å². The van der Waals surface area contributed by atoms with E-state index in [4.69, 9.17) is 9.47 Å². The Morgan fingerprint density at radius 1 is 1.00 bits per heavy atom. The number of hydrogen-bond donors (Lipinski definition) is 1. The highest BCUT2D eigenvalue weighted by Crippen LogP contribution is 2.17. The monoisotopic (exact) mass is 317 g/mol. The van der Waals surface area contributed by atoms with Gasteiger partial charge in [0.05, 0.1) is 33.4 Å². The maximum absolute atomic E-state index is 11.1. The van der Waals surface area contributed by atoms with Gasteiger partial charge >= 0.3 is 0 Å². The summed E-state index contributed by atoms with van der Waals surface area (Å²) >= 11 is 0. The van der Waals surface area contributed by atoms with Crippen LogP contribution < -0.4 is 5.32 Å². The molecule has 0 rings (SSSR count). The number of nitrogens with zero attached hydrogens (tertiary/aromatic N) is 1. The van der Waals surface area contributed by atoms with E-state index in [0.717, 1.165) is 30.5 Å². The first kappa shape index (κ1) is 21.4. The third kappa shape index (κ3) is 13.0. The molecule has 5 heteroatoms. The van der Waals surface area contributed by atoms with Gasteiger partial charge in [-0.2, -0.15) is 0 Å². The molecule has 0 atom stereocenters. The molecule has 0 aromatic carbocycles. The number of likely N-dealkylation sites (N-methyl/N-ethyl adjacent to an activating group) is 1. The highest BCUT2D eigenvalue weighted by Gasteiger charge is 2.22. The van der Waals surface area contributed by atoms with Crippen LogP contribution in [0, 0.1) is 0 Å². The number of carbonyl (C=O) groups is 1. The van der Waals surface area contributed by atoms with E-state index < -0.39 is 0 Å². The molecule has 0 unspecified atom stereocenters. The van der Waals surface area contributed by atoms with Gasteiger partial charge in [-0.05, 0) is 40.5 Å². The molecular formula is C17H37N2O3+. The Morgan fingerprint density at radius 2 is 1.59 bits per heavy atom. The fourth-order valence-corrected chi connectivity index (χ4v) is 1.95. The molecule has 0 aliphatic rings. The standard InChI is InChI=1S/C17H36N2O3/c1-15(20)18-16(2,3)9-13-22-17(4,5)10-12-21-14-11-19(6,7)8/h9-14H2,1-8H3/p+1. The summed E-state index contributed by atoms with van der Waals surface area (Å²) in [5.74, 6) is -0.00471. The first-order chi connectivity index (χ1) is 9.83. The van der Waals surface area contributed by atoms with Crippen LogP contribution in [-0.4, -0.2) is 69.0 Å². The summed E-state index contributed by atoms with van der Waals surface area (Å²) < 4.78 is 12.6. The smallest absolute Gasteiger partial charge is 0.217 e. The van der Waals surface area contributed by atoms with E-state index in [2.05, 4.69) is 40.3 Å². The molecule has 0 saturated carbocycles. The summed E-state index contributed by atoms with van der Waals surface area (Å²) in [5.41, 5.74) is -0.439. The molecule has 22 heavy (non-hydrogen) atoms. The SMILES string of the molecule is CC(=O)NC(C)(C)CCOC(C)(C)CCOCC[N+](C)(C)C. The number of quaternary nitrogens is 1. The second-order valence-corrected chi connectivity index (χ2v) is 8.30. The lowest BCUT2D eigenvalue weighted by molar-refractivity contribution is -0.870. The van der Waals surface area contributed by atoms with Crippen molar-refractivity contribution in [3.63, 3.8) is 0 Å². The molecule has 0 radical (unpaired) electrons. The number of amides is 1. The summed E-state index contributed by atoms with van der Waals surface area (Å²) in [5, 5.41) is 2.93. The number of rotatable bonds is 11. The van der Waals surface area contributed by atoms with Crippen molar-refractivity contribution in [2.75, 3.05) is 47.5 Å². The molecule has 0 aromatic heterocycles. The second kappa shape index (κ2) is 8.85. The molecule has 1 N–H and O–H groups in total. The van der Waals surface area contributed by atoms with Gasteiger partial charge in [0.1, 0.15) is 6.54 Å². The second-order valence-electron chi connectivity index (χ2n) is 8.30. The largest absolute Gasteiger partial charge is 0.375 e. The van der Waals surface area contributed by atoms with Crippen LogP contribution in [0.5, 0.6) is 0 Å². The molecule has 0 fully saturated rings. The van der Waals surface area contributed by atoms with Gasteiger partial charge in [0, 0.05) is 25.7 Å². The summed E-state index contributed by atoms with van der Waals surface area (Å²) in [6.45, 7) is 12.9. The summed E-state index contributed by atoms with van der Waals surface area (Å²) in [7, 11) is 6.48. The van der Waals surface area contributed by atoms with E-state index in [0.29, 0.717) is 13.2 Å².